The van der Waals surface area contributed by atoms with E-state index in [0.29, 0.717) is 18.8 Å². The number of aromatic nitrogens is 3. The van der Waals surface area contributed by atoms with E-state index in [9.17, 15) is 9.59 Å². The van der Waals surface area contributed by atoms with Gasteiger partial charge < -0.3 is 14.4 Å². The average molecular weight is 325 g/mol. The van der Waals surface area contributed by atoms with Crippen molar-refractivity contribution in [3.8, 4) is 0 Å². The van der Waals surface area contributed by atoms with Gasteiger partial charge in [-0.05, 0) is 29.7 Å². The van der Waals surface area contributed by atoms with Crippen molar-refractivity contribution in [3.63, 3.8) is 0 Å². The number of carbonyl (C=O) groups is 2. The molecule has 2 aromatic rings. The molecule has 0 aliphatic carbocycles. The Balaban J connectivity index is 1.80. The van der Waals surface area contributed by atoms with Gasteiger partial charge in [-0.25, -0.2) is 0 Å². The van der Waals surface area contributed by atoms with Crippen molar-refractivity contribution in [2.45, 2.75) is 12.3 Å². The zero-order chi connectivity index (χ0) is 15.7. The predicted molar refractivity (Wildman–Crippen MR) is 74.5 cm³/mol. The molecule has 0 aromatic carbocycles. The summed E-state index contributed by atoms with van der Waals surface area (Å²) in [4.78, 5) is 25.0. The number of nitrogens with one attached hydrogen (secondary N) is 1. The number of nitrogens with zero attached hydrogens (tertiary/aromatic N) is 3. The van der Waals surface area contributed by atoms with E-state index >= 15 is 0 Å². The van der Waals surface area contributed by atoms with E-state index in [1.54, 1.807) is 11.1 Å². The van der Waals surface area contributed by atoms with Crippen LogP contribution < -0.4 is 0 Å². The lowest BCUT2D eigenvalue weighted by atomic mass is 9.91. The Hall–Kier alpha value is -2.35. The molecule has 22 heavy (non-hydrogen) atoms. The molecule has 116 valence electrons. The van der Waals surface area contributed by atoms with Crippen molar-refractivity contribution in [1.29, 1.82) is 0 Å². The van der Waals surface area contributed by atoms with Gasteiger partial charge in [0.2, 0.25) is 0 Å². The largest absolute Gasteiger partial charge is 0.481 e. The molecule has 2 N–H and O–H groups in total. The molecule has 2 aromatic heterocycles. The summed E-state index contributed by atoms with van der Waals surface area (Å²) < 4.78 is 5.12. The van der Waals surface area contributed by atoms with Gasteiger partial charge in [0.15, 0.2) is 11.0 Å². The van der Waals surface area contributed by atoms with E-state index in [2.05, 4.69) is 15.4 Å². The van der Waals surface area contributed by atoms with Gasteiger partial charge in [0, 0.05) is 19.0 Å². The molecule has 0 radical (unpaired) electrons. The zero-order valence-corrected chi connectivity index (χ0v) is 12.2. The fourth-order valence-electron chi connectivity index (χ4n) is 2.78. The van der Waals surface area contributed by atoms with E-state index in [-0.39, 0.29) is 35.1 Å². The zero-order valence-electron chi connectivity index (χ0n) is 11.4. The highest BCUT2D eigenvalue weighted by Gasteiger charge is 2.39. The lowest BCUT2D eigenvalue weighted by Gasteiger charge is -2.14. The number of furan rings is 1. The number of carboxylic acids is 1. The highest BCUT2D eigenvalue weighted by molar-refractivity contribution is 6.29. The Bertz CT molecular complexity index is 684. The maximum atomic E-state index is 12.4. The number of likely N-dealkylation sites (tertiary alicyclic amines) is 1. The van der Waals surface area contributed by atoms with Crippen LogP contribution in [0.15, 0.2) is 22.7 Å². The summed E-state index contributed by atoms with van der Waals surface area (Å²) in [7, 11) is 0. The van der Waals surface area contributed by atoms with Gasteiger partial charge in [-0.2, -0.15) is 15.4 Å². The number of rotatable bonds is 4. The maximum Gasteiger partial charge on any atom is 0.303 e. The summed E-state index contributed by atoms with van der Waals surface area (Å²) in [6.07, 6.45) is 1.51. The summed E-state index contributed by atoms with van der Waals surface area (Å²) in [5.74, 6) is -1.48. The fraction of sp³-hybridized carbons (Fsp3) is 0.385. The lowest BCUT2D eigenvalue weighted by Crippen LogP contribution is -2.28. The third-order valence-electron chi connectivity index (χ3n) is 3.76. The first-order chi connectivity index (χ1) is 10.5. The number of hydrogen-bond donors (Lipinski definition) is 2. The van der Waals surface area contributed by atoms with E-state index in [4.69, 9.17) is 21.1 Å². The van der Waals surface area contributed by atoms with Crippen molar-refractivity contribution >= 4 is 23.5 Å². The SMILES string of the molecule is O=C(O)C[C@@H]1CN(C(=O)c2ccc(Cl)o2)C[C@@H]1c1cn[nH]n1. The minimum absolute atomic E-state index is 0.0415. The number of H-pyrrole nitrogens is 1. The van der Waals surface area contributed by atoms with Gasteiger partial charge >= 0.3 is 5.97 Å². The molecule has 1 fully saturated rings. The van der Waals surface area contributed by atoms with Crippen molar-refractivity contribution in [1.82, 2.24) is 20.3 Å². The Labute approximate surface area is 130 Å². The molecular formula is C13H13ClN4O4. The third kappa shape index (κ3) is 2.82. The van der Waals surface area contributed by atoms with Crippen LogP contribution in [0, 0.1) is 5.92 Å². The summed E-state index contributed by atoms with van der Waals surface area (Å²) in [6, 6.07) is 3.00. The topological polar surface area (TPSA) is 112 Å². The summed E-state index contributed by atoms with van der Waals surface area (Å²) in [5, 5.41) is 19.5. The fourth-order valence-corrected chi connectivity index (χ4v) is 2.92. The Morgan fingerprint density at radius 3 is 2.86 bits per heavy atom. The molecule has 1 saturated heterocycles. The van der Waals surface area contributed by atoms with Crippen molar-refractivity contribution < 1.29 is 19.1 Å². The molecule has 0 bridgehead atoms. The van der Waals surface area contributed by atoms with Gasteiger partial charge in [0.05, 0.1) is 18.3 Å². The van der Waals surface area contributed by atoms with Crippen molar-refractivity contribution in [3.05, 3.63) is 35.0 Å². The van der Waals surface area contributed by atoms with Crippen molar-refractivity contribution in [2.24, 2.45) is 5.92 Å². The molecule has 1 amide bonds. The molecule has 8 nitrogen and oxygen atoms in total. The molecular weight excluding hydrogens is 312 g/mol. The van der Waals surface area contributed by atoms with Crippen molar-refractivity contribution in [2.75, 3.05) is 13.1 Å². The second-order valence-corrected chi connectivity index (χ2v) is 5.55. The molecule has 9 heteroatoms. The quantitative estimate of drug-likeness (QED) is 0.878. The van der Waals surface area contributed by atoms with Crippen LogP contribution in [0.4, 0.5) is 0 Å². The molecule has 3 heterocycles. The Morgan fingerprint density at radius 1 is 1.45 bits per heavy atom. The third-order valence-corrected chi connectivity index (χ3v) is 3.97. The highest BCUT2D eigenvalue weighted by Crippen LogP contribution is 2.34. The van der Waals surface area contributed by atoms with Crippen LogP contribution in [0.1, 0.15) is 28.6 Å². The second kappa shape index (κ2) is 5.80. The van der Waals surface area contributed by atoms with Crippen LogP contribution in [-0.4, -0.2) is 50.4 Å². The second-order valence-electron chi connectivity index (χ2n) is 5.17. The average Bonchev–Trinajstić information content (AvgIpc) is 3.16. The van der Waals surface area contributed by atoms with Gasteiger partial charge in [-0.1, -0.05) is 0 Å². The monoisotopic (exact) mass is 324 g/mol. The molecule has 1 aliphatic heterocycles. The van der Waals surface area contributed by atoms with E-state index < -0.39 is 5.97 Å². The first kappa shape index (κ1) is 14.6. The van der Waals surface area contributed by atoms with E-state index in [0.717, 1.165) is 0 Å². The number of aliphatic carboxylic acids is 1. The Morgan fingerprint density at radius 2 is 2.27 bits per heavy atom. The van der Waals surface area contributed by atoms with E-state index in [1.165, 1.54) is 12.1 Å². The van der Waals surface area contributed by atoms with Gasteiger partial charge in [0.25, 0.3) is 5.91 Å². The van der Waals surface area contributed by atoms with Gasteiger partial charge in [-0.15, -0.1) is 0 Å². The van der Waals surface area contributed by atoms with Crippen LogP contribution in [0.3, 0.4) is 0 Å². The standard InChI is InChI=1S/C13H13ClN4O4/c14-11-2-1-10(22-11)13(21)18-5-7(3-12(19)20)8(6-18)9-4-15-17-16-9/h1-2,4,7-8H,3,5-6H2,(H,19,20)(H,15,16,17)/t7-,8+/m1/s1. The number of hydrogen-bond acceptors (Lipinski definition) is 5. The van der Waals surface area contributed by atoms with Crippen LogP contribution >= 0.6 is 11.6 Å². The smallest absolute Gasteiger partial charge is 0.303 e. The normalized spacial score (nSPS) is 21.2. The lowest BCUT2D eigenvalue weighted by molar-refractivity contribution is -0.138. The summed E-state index contributed by atoms with van der Waals surface area (Å²) in [5.41, 5.74) is 0.652. The van der Waals surface area contributed by atoms with E-state index in [1.807, 2.05) is 0 Å². The molecule has 1 aliphatic rings. The molecule has 0 saturated carbocycles. The van der Waals surface area contributed by atoms with Crippen LogP contribution in [-0.2, 0) is 4.79 Å². The number of halogens is 1. The first-order valence-electron chi connectivity index (χ1n) is 6.66. The number of aromatic amines is 1. The molecule has 0 spiro atoms. The van der Waals surface area contributed by atoms with Gasteiger partial charge in [-0.3, -0.25) is 9.59 Å². The summed E-state index contributed by atoms with van der Waals surface area (Å²) >= 11 is 5.68. The van der Waals surface area contributed by atoms with Crippen LogP contribution in [0.5, 0.6) is 0 Å². The van der Waals surface area contributed by atoms with Crippen LogP contribution in [0.2, 0.25) is 5.22 Å². The number of carboxylic acid groups (broad SMARTS) is 1. The first-order valence-corrected chi connectivity index (χ1v) is 7.04. The predicted octanol–water partition coefficient (Wildman–Crippen LogP) is 1.38. The summed E-state index contributed by atoms with van der Waals surface area (Å²) in [6.45, 7) is 0.683. The highest BCUT2D eigenvalue weighted by atomic mass is 35.5. The van der Waals surface area contributed by atoms with Crippen LogP contribution in [0.25, 0.3) is 0 Å². The molecule has 2 atom stereocenters. The number of carbonyl (C=O) groups excluding carboxylic acids is 1. The number of amides is 1. The minimum Gasteiger partial charge on any atom is -0.481 e. The minimum atomic E-state index is -0.908. The maximum absolute atomic E-state index is 12.4. The molecule has 3 rings (SSSR count). The molecule has 0 unspecified atom stereocenters. The van der Waals surface area contributed by atoms with Gasteiger partial charge in [0.1, 0.15) is 0 Å². The Kier molecular flexibility index (Phi) is 3.84.